The number of Topliss-reactive ketones (excluding diaryl/α,β-unsaturated/α-hetero) is 1. The summed E-state index contributed by atoms with van der Waals surface area (Å²) >= 11 is 3.07. The molecule has 0 radical (unpaired) electrons. The maximum Gasteiger partial charge on any atom is 0.243 e. The number of carbonyl (C=O) groups is 2. The van der Waals surface area contributed by atoms with Gasteiger partial charge in [0.1, 0.15) is 0 Å². The minimum atomic E-state index is -0.389. The SMILES string of the molecule is C=CC(=O)NCCCCC(N)C(=O)CBr. The van der Waals surface area contributed by atoms with Gasteiger partial charge in [0.2, 0.25) is 5.91 Å². The van der Waals surface area contributed by atoms with E-state index in [0.29, 0.717) is 18.3 Å². The summed E-state index contributed by atoms with van der Waals surface area (Å²) in [6, 6.07) is -0.389. The Bertz CT molecular complexity index is 231. The third-order valence-corrected chi connectivity index (χ3v) is 2.52. The fourth-order valence-corrected chi connectivity index (χ4v) is 1.45. The molecule has 0 aromatic carbocycles. The van der Waals surface area contributed by atoms with E-state index < -0.39 is 0 Å². The van der Waals surface area contributed by atoms with Crippen LogP contribution in [-0.4, -0.2) is 29.6 Å². The molecule has 0 saturated carbocycles. The summed E-state index contributed by atoms with van der Waals surface area (Å²) in [5.74, 6) is -0.152. The number of halogens is 1. The van der Waals surface area contributed by atoms with Gasteiger partial charge in [-0.1, -0.05) is 22.5 Å². The smallest absolute Gasteiger partial charge is 0.243 e. The Hall–Kier alpha value is -0.680. The lowest BCUT2D eigenvalue weighted by Crippen LogP contribution is -2.31. The van der Waals surface area contributed by atoms with Crippen molar-refractivity contribution in [3.05, 3.63) is 12.7 Å². The second-order valence-electron chi connectivity index (χ2n) is 3.20. The number of ketones is 1. The minimum absolute atomic E-state index is 0.0186. The van der Waals surface area contributed by atoms with Gasteiger partial charge in [-0.15, -0.1) is 0 Å². The second kappa shape index (κ2) is 8.61. The first-order chi connectivity index (χ1) is 7.11. The average molecular weight is 277 g/mol. The molecule has 0 aliphatic carbocycles. The zero-order valence-electron chi connectivity index (χ0n) is 8.67. The summed E-state index contributed by atoms with van der Waals surface area (Å²) in [6.45, 7) is 3.94. The predicted octanol–water partition coefficient (Wildman–Crippen LogP) is 0.750. The molecule has 86 valence electrons. The molecular weight excluding hydrogens is 260 g/mol. The number of amides is 1. The van der Waals surface area contributed by atoms with Gasteiger partial charge in [-0.2, -0.15) is 0 Å². The Kier molecular flexibility index (Phi) is 8.22. The van der Waals surface area contributed by atoms with Gasteiger partial charge in [-0.25, -0.2) is 0 Å². The maximum absolute atomic E-state index is 11.1. The van der Waals surface area contributed by atoms with Gasteiger partial charge >= 0.3 is 0 Å². The van der Waals surface area contributed by atoms with Crippen LogP contribution in [-0.2, 0) is 9.59 Å². The van der Waals surface area contributed by atoms with Gasteiger partial charge in [0.05, 0.1) is 11.4 Å². The normalized spacial score (nSPS) is 11.9. The molecule has 0 spiro atoms. The Balaban J connectivity index is 3.42. The average Bonchev–Trinajstić information content (AvgIpc) is 2.26. The van der Waals surface area contributed by atoms with Crippen LogP contribution in [0.25, 0.3) is 0 Å². The number of alkyl halides is 1. The summed E-state index contributed by atoms with van der Waals surface area (Å²) in [5, 5.41) is 2.96. The van der Waals surface area contributed by atoms with E-state index in [1.54, 1.807) is 0 Å². The van der Waals surface area contributed by atoms with Gasteiger partial charge in [-0.3, -0.25) is 9.59 Å². The Labute approximate surface area is 98.4 Å². The topological polar surface area (TPSA) is 72.2 Å². The van der Waals surface area contributed by atoms with E-state index in [0.717, 1.165) is 12.8 Å². The first-order valence-electron chi connectivity index (χ1n) is 4.86. The number of nitrogens with two attached hydrogens (primary N) is 1. The van der Waals surface area contributed by atoms with Gasteiger partial charge in [-0.05, 0) is 25.3 Å². The summed E-state index contributed by atoms with van der Waals surface area (Å²) < 4.78 is 0. The molecule has 1 amide bonds. The summed E-state index contributed by atoms with van der Waals surface area (Å²) in [4.78, 5) is 21.8. The van der Waals surface area contributed by atoms with Crippen LogP contribution in [0.1, 0.15) is 19.3 Å². The van der Waals surface area contributed by atoms with E-state index in [1.807, 2.05) is 0 Å². The van der Waals surface area contributed by atoms with E-state index in [-0.39, 0.29) is 17.7 Å². The molecule has 0 heterocycles. The zero-order valence-corrected chi connectivity index (χ0v) is 10.3. The number of hydrogen-bond donors (Lipinski definition) is 2. The first kappa shape index (κ1) is 14.3. The Morgan fingerprint density at radius 3 is 2.67 bits per heavy atom. The van der Waals surface area contributed by atoms with Gasteiger partial charge in [0.15, 0.2) is 5.78 Å². The van der Waals surface area contributed by atoms with Crippen molar-refractivity contribution < 1.29 is 9.59 Å². The van der Waals surface area contributed by atoms with E-state index in [4.69, 9.17) is 5.73 Å². The molecule has 1 unspecified atom stereocenters. The van der Waals surface area contributed by atoms with Crippen LogP contribution in [0.2, 0.25) is 0 Å². The lowest BCUT2D eigenvalue weighted by Gasteiger charge is -2.08. The fraction of sp³-hybridized carbons (Fsp3) is 0.600. The standard InChI is InChI=1S/C10H17BrN2O2/c1-2-10(15)13-6-4-3-5-8(12)9(14)7-11/h2,8H,1,3-7,12H2,(H,13,15). The van der Waals surface area contributed by atoms with Crippen molar-refractivity contribution in [3.63, 3.8) is 0 Å². The first-order valence-corrected chi connectivity index (χ1v) is 5.98. The summed E-state index contributed by atoms with van der Waals surface area (Å²) in [5.41, 5.74) is 5.61. The Morgan fingerprint density at radius 1 is 1.47 bits per heavy atom. The molecule has 1 atom stereocenters. The van der Waals surface area contributed by atoms with Crippen molar-refractivity contribution in [2.45, 2.75) is 25.3 Å². The number of nitrogens with one attached hydrogen (secondary N) is 1. The van der Waals surface area contributed by atoms with E-state index in [9.17, 15) is 9.59 Å². The molecule has 0 saturated heterocycles. The van der Waals surface area contributed by atoms with Crippen molar-refractivity contribution in [1.82, 2.24) is 5.32 Å². The van der Waals surface area contributed by atoms with Crippen LogP contribution >= 0.6 is 15.9 Å². The van der Waals surface area contributed by atoms with Gasteiger partial charge in [0.25, 0.3) is 0 Å². The molecule has 0 aromatic rings. The largest absolute Gasteiger partial charge is 0.353 e. The van der Waals surface area contributed by atoms with Gasteiger partial charge < -0.3 is 11.1 Å². The second-order valence-corrected chi connectivity index (χ2v) is 3.76. The number of rotatable bonds is 8. The quantitative estimate of drug-likeness (QED) is 0.390. The van der Waals surface area contributed by atoms with Crippen LogP contribution in [0.3, 0.4) is 0 Å². The molecule has 0 fully saturated rings. The zero-order chi connectivity index (χ0) is 11.7. The molecular formula is C10H17BrN2O2. The highest BCUT2D eigenvalue weighted by Crippen LogP contribution is 2.00. The monoisotopic (exact) mass is 276 g/mol. The van der Waals surface area contributed by atoms with Crippen LogP contribution in [0.4, 0.5) is 0 Å². The maximum atomic E-state index is 11.1. The molecule has 4 nitrogen and oxygen atoms in total. The van der Waals surface area contributed by atoms with Crippen LogP contribution in [0.5, 0.6) is 0 Å². The van der Waals surface area contributed by atoms with Crippen molar-refractivity contribution in [1.29, 1.82) is 0 Å². The molecule has 0 aromatic heterocycles. The van der Waals surface area contributed by atoms with Gasteiger partial charge in [0, 0.05) is 6.54 Å². The van der Waals surface area contributed by atoms with E-state index in [1.165, 1.54) is 6.08 Å². The molecule has 0 bridgehead atoms. The minimum Gasteiger partial charge on any atom is -0.353 e. The number of hydrogen-bond acceptors (Lipinski definition) is 3. The molecule has 3 N–H and O–H groups in total. The van der Waals surface area contributed by atoms with Crippen molar-refractivity contribution >= 4 is 27.6 Å². The highest BCUT2D eigenvalue weighted by atomic mass is 79.9. The lowest BCUT2D eigenvalue weighted by molar-refractivity contribution is -0.118. The highest BCUT2D eigenvalue weighted by Gasteiger charge is 2.10. The molecule has 0 aliphatic heterocycles. The molecule has 0 aliphatic rings. The lowest BCUT2D eigenvalue weighted by atomic mass is 10.1. The fourth-order valence-electron chi connectivity index (χ4n) is 1.03. The van der Waals surface area contributed by atoms with Crippen molar-refractivity contribution in [2.75, 3.05) is 11.9 Å². The molecule has 15 heavy (non-hydrogen) atoms. The molecule has 5 heteroatoms. The van der Waals surface area contributed by atoms with E-state index in [2.05, 4.69) is 27.8 Å². The third kappa shape index (κ3) is 7.27. The van der Waals surface area contributed by atoms with Crippen LogP contribution < -0.4 is 11.1 Å². The van der Waals surface area contributed by atoms with Crippen molar-refractivity contribution in [3.8, 4) is 0 Å². The predicted molar refractivity (Wildman–Crippen MR) is 63.8 cm³/mol. The van der Waals surface area contributed by atoms with Crippen molar-refractivity contribution in [2.24, 2.45) is 5.73 Å². The number of carbonyl (C=O) groups excluding carboxylic acids is 2. The van der Waals surface area contributed by atoms with Crippen LogP contribution in [0, 0.1) is 0 Å². The molecule has 0 rings (SSSR count). The van der Waals surface area contributed by atoms with E-state index >= 15 is 0 Å². The Morgan fingerprint density at radius 2 is 2.13 bits per heavy atom. The highest BCUT2D eigenvalue weighted by molar-refractivity contribution is 9.09. The number of unbranched alkanes of at least 4 members (excludes halogenated alkanes) is 1. The van der Waals surface area contributed by atoms with Crippen LogP contribution in [0.15, 0.2) is 12.7 Å². The summed E-state index contributed by atoms with van der Waals surface area (Å²) in [6.07, 6.45) is 3.55. The third-order valence-electron chi connectivity index (χ3n) is 1.97. The summed E-state index contributed by atoms with van der Waals surface area (Å²) in [7, 11) is 0.